The van der Waals surface area contributed by atoms with Crippen molar-refractivity contribution < 1.29 is 9.53 Å². The number of amides is 1. The molecule has 0 unspecified atom stereocenters. The predicted molar refractivity (Wildman–Crippen MR) is 76.1 cm³/mol. The van der Waals surface area contributed by atoms with E-state index in [-0.39, 0.29) is 11.9 Å². The number of benzene rings is 1. The van der Waals surface area contributed by atoms with Gasteiger partial charge in [0.25, 0.3) is 0 Å². The first kappa shape index (κ1) is 13.6. The molecule has 1 heterocycles. The number of carbonyl (C=O) groups is 1. The Bertz CT molecular complexity index is 548. The Morgan fingerprint density at radius 2 is 2.21 bits per heavy atom. The lowest BCUT2D eigenvalue weighted by Gasteiger charge is -2.15. The second-order valence-electron chi connectivity index (χ2n) is 4.66. The zero-order valence-electron chi connectivity index (χ0n) is 11.4. The van der Waals surface area contributed by atoms with Gasteiger partial charge in [-0.05, 0) is 18.1 Å². The molecule has 4 heteroatoms. The molecule has 0 aliphatic heterocycles. The normalized spacial score (nSPS) is 12.5. The van der Waals surface area contributed by atoms with Gasteiger partial charge >= 0.3 is 0 Å². The van der Waals surface area contributed by atoms with E-state index in [4.69, 9.17) is 4.74 Å². The molecule has 0 aliphatic carbocycles. The third kappa shape index (κ3) is 3.35. The van der Waals surface area contributed by atoms with Gasteiger partial charge in [0, 0.05) is 24.2 Å². The topological polar surface area (TPSA) is 54.1 Å². The van der Waals surface area contributed by atoms with Crippen molar-refractivity contribution in [2.24, 2.45) is 0 Å². The van der Waals surface area contributed by atoms with Crippen LogP contribution in [0.3, 0.4) is 0 Å². The number of hydrogen-bond donors (Lipinski definition) is 2. The first-order valence-electron chi connectivity index (χ1n) is 6.58. The van der Waals surface area contributed by atoms with E-state index < -0.39 is 0 Å². The molecule has 0 aliphatic rings. The molecule has 1 aromatic carbocycles. The standard InChI is InChI=1S/C15H20N2O2/c1-3-12(10-19-2)17-15(18)8-11-9-16-14-7-5-4-6-13(11)14/h4-7,9,12,16H,3,8,10H2,1-2H3,(H,17,18)/t12-/m1/s1. The molecule has 102 valence electrons. The number of rotatable bonds is 6. The van der Waals surface area contributed by atoms with Crippen LogP contribution in [0.15, 0.2) is 30.5 Å². The van der Waals surface area contributed by atoms with Gasteiger partial charge in [-0.3, -0.25) is 4.79 Å². The molecule has 1 atom stereocenters. The summed E-state index contributed by atoms with van der Waals surface area (Å²) in [6.07, 6.45) is 3.17. The third-order valence-electron chi connectivity index (χ3n) is 3.25. The minimum absolute atomic E-state index is 0.0358. The van der Waals surface area contributed by atoms with Gasteiger partial charge < -0.3 is 15.0 Å². The molecule has 0 saturated carbocycles. The number of hydrogen-bond acceptors (Lipinski definition) is 2. The van der Waals surface area contributed by atoms with E-state index in [9.17, 15) is 4.79 Å². The van der Waals surface area contributed by atoms with E-state index in [0.717, 1.165) is 22.9 Å². The zero-order valence-corrected chi connectivity index (χ0v) is 11.4. The summed E-state index contributed by atoms with van der Waals surface area (Å²) < 4.78 is 5.08. The molecule has 19 heavy (non-hydrogen) atoms. The molecule has 1 amide bonds. The van der Waals surface area contributed by atoms with Crippen molar-refractivity contribution in [2.45, 2.75) is 25.8 Å². The highest BCUT2D eigenvalue weighted by atomic mass is 16.5. The van der Waals surface area contributed by atoms with E-state index in [0.29, 0.717) is 13.0 Å². The Hall–Kier alpha value is -1.81. The van der Waals surface area contributed by atoms with Gasteiger partial charge in [0.15, 0.2) is 0 Å². The number of nitrogens with one attached hydrogen (secondary N) is 2. The van der Waals surface area contributed by atoms with Gasteiger partial charge in [-0.15, -0.1) is 0 Å². The fourth-order valence-corrected chi connectivity index (χ4v) is 2.19. The van der Waals surface area contributed by atoms with Crippen molar-refractivity contribution in [3.8, 4) is 0 Å². The zero-order chi connectivity index (χ0) is 13.7. The van der Waals surface area contributed by atoms with E-state index in [1.54, 1.807) is 7.11 Å². The molecule has 0 saturated heterocycles. The summed E-state index contributed by atoms with van der Waals surface area (Å²) in [5, 5.41) is 4.10. The van der Waals surface area contributed by atoms with Crippen molar-refractivity contribution in [3.05, 3.63) is 36.0 Å². The number of para-hydroxylation sites is 1. The third-order valence-corrected chi connectivity index (χ3v) is 3.25. The smallest absolute Gasteiger partial charge is 0.224 e. The van der Waals surface area contributed by atoms with Crippen molar-refractivity contribution in [3.63, 3.8) is 0 Å². The summed E-state index contributed by atoms with van der Waals surface area (Å²) >= 11 is 0. The maximum Gasteiger partial charge on any atom is 0.224 e. The monoisotopic (exact) mass is 260 g/mol. The van der Waals surface area contributed by atoms with E-state index in [2.05, 4.69) is 10.3 Å². The van der Waals surface area contributed by atoms with Gasteiger partial charge in [-0.2, -0.15) is 0 Å². The van der Waals surface area contributed by atoms with E-state index in [1.807, 2.05) is 37.4 Å². The van der Waals surface area contributed by atoms with Crippen molar-refractivity contribution >= 4 is 16.8 Å². The largest absolute Gasteiger partial charge is 0.383 e. The number of methoxy groups -OCH3 is 1. The lowest BCUT2D eigenvalue weighted by atomic mass is 10.1. The Morgan fingerprint density at radius 3 is 2.95 bits per heavy atom. The molecule has 0 radical (unpaired) electrons. The molecule has 0 fully saturated rings. The summed E-state index contributed by atoms with van der Waals surface area (Å²) in [6, 6.07) is 8.09. The summed E-state index contributed by atoms with van der Waals surface area (Å²) in [5.41, 5.74) is 2.09. The van der Waals surface area contributed by atoms with Crippen LogP contribution in [0.4, 0.5) is 0 Å². The molecular formula is C15H20N2O2. The summed E-state index contributed by atoms with van der Waals surface area (Å²) in [7, 11) is 1.65. The number of carbonyl (C=O) groups excluding carboxylic acids is 1. The average molecular weight is 260 g/mol. The second-order valence-corrected chi connectivity index (χ2v) is 4.66. The highest BCUT2D eigenvalue weighted by molar-refractivity contribution is 5.88. The molecule has 1 aromatic heterocycles. The number of aromatic nitrogens is 1. The van der Waals surface area contributed by atoms with Crippen LogP contribution in [-0.2, 0) is 16.0 Å². The van der Waals surface area contributed by atoms with Crippen LogP contribution >= 0.6 is 0 Å². The van der Waals surface area contributed by atoms with Gasteiger partial charge in [0.05, 0.1) is 19.1 Å². The maximum absolute atomic E-state index is 12.0. The van der Waals surface area contributed by atoms with Crippen LogP contribution in [-0.4, -0.2) is 30.6 Å². The minimum atomic E-state index is 0.0358. The van der Waals surface area contributed by atoms with Crippen LogP contribution in [0, 0.1) is 0 Å². The molecule has 2 rings (SSSR count). The average Bonchev–Trinajstić information content (AvgIpc) is 2.82. The quantitative estimate of drug-likeness (QED) is 0.837. The maximum atomic E-state index is 12.0. The molecule has 4 nitrogen and oxygen atoms in total. The summed E-state index contributed by atoms with van der Waals surface area (Å²) in [6.45, 7) is 2.59. The molecule has 2 N–H and O–H groups in total. The number of fused-ring (bicyclic) bond motifs is 1. The molecular weight excluding hydrogens is 240 g/mol. The number of ether oxygens (including phenoxy) is 1. The van der Waals surface area contributed by atoms with Gasteiger partial charge in [0.2, 0.25) is 5.91 Å². The van der Waals surface area contributed by atoms with Crippen LogP contribution in [0.5, 0.6) is 0 Å². The van der Waals surface area contributed by atoms with Gasteiger partial charge in [0.1, 0.15) is 0 Å². The fraction of sp³-hybridized carbons (Fsp3) is 0.400. The van der Waals surface area contributed by atoms with E-state index in [1.165, 1.54) is 0 Å². The van der Waals surface area contributed by atoms with Gasteiger partial charge in [-0.25, -0.2) is 0 Å². The van der Waals surface area contributed by atoms with Crippen molar-refractivity contribution in [2.75, 3.05) is 13.7 Å². The second kappa shape index (κ2) is 6.38. The fourth-order valence-electron chi connectivity index (χ4n) is 2.19. The van der Waals surface area contributed by atoms with Crippen LogP contribution in [0.2, 0.25) is 0 Å². The first-order valence-corrected chi connectivity index (χ1v) is 6.58. The highest BCUT2D eigenvalue weighted by Gasteiger charge is 2.12. The highest BCUT2D eigenvalue weighted by Crippen LogP contribution is 2.17. The van der Waals surface area contributed by atoms with Crippen LogP contribution in [0.25, 0.3) is 10.9 Å². The lowest BCUT2D eigenvalue weighted by molar-refractivity contribution is -0.121. The predicted octanol–water partition coefficient (Wildman–Crippen LogP) is 2.25. The Kier molecular flexibility index (Phi) is 4.58. The SMILES string of the molecule is CC[C@H](COC)NC(=O)Cc1c[nH]c2ccccc12. The molecule has 0 bridgehead atoms. The Labute approximate surface area is 113 Å². The van der Waals surface area contributed by atoms with E-state index >= 15 is 0 Å². The molecule has 2 aromatic rings. The summed E-state index contributed by atoms with van der Waals surface area (Å²) in [5.74, 6) is 0.0358. The lowest BCUT2D eigenvalue weighted by Crippen LogP contribution is -2.38. The Balaban J connectivity index is 2.02. The number of H-pyrrole nitrogens is 1. The van der Waals surface area contributed by atoms with Crippen LogP contribution < -0.4 is 5.32 Å². The van der Waals surface area contributed by atoms with Crippen molar-refractivity contribution in [1.29, 1.82) is 0 Å². The van der Waals surface area contributed by atoms with Crippen LogP contribution in [0.1, 0.15) is 18.9 Å². The Morgan fingerprint density at radius 1 is 1.42 bits per heavy atom. The summed E-state index contributed by atoms with van der Waals surface area (Å²) in [4.78, 5) is 15.2. The first-order chi connectivity index (χ1) is 9.24. The number of aromatic amines is 1. The minimum Gasteiger partial charge on any atom is -0.383 e. The van der Waals surface area contributed by atoms with Crippen molar-refractivity contribution in [1.82, 2.24) is 10.3 Å². The van der Waals surface area contributed by atoms with Gasteiger partial charge in [-0.1, -0.05) is 25.1 Å². The molecule has 0 spiro atoms.